The first-order chi connectivity index (χ1) is 9.47. The van der Waals surface area contributed by atoms with E-state index in [4.69, 9.17) is 32.5 Å². The van der Waals surface area contributed by atoms with Gasteiger partial charge in [0.25, 0.3) is 0 Å². The van der Waals surface area contributed by atoms with Crippen molar-refractivity contribution >= 4 is 17.5 Å². The standard InChI is InChI=1S/C14H21ClN2O3/c1-3-10(16)6-9-7-11(15)14(12(8-9)19-2)20-5-4-13(17)18/h7-8,10H,3-6,16H2,1-2H3,(H2,17,18). The lowest BCUT2D eigenvalue weighted by molar-refractivity contribution is -0.118. The molecule has 1 unspecified atom stereocenters. The largest absolute Gasteiger partial charge is 0.493 e. The third kappa shape index (κ3) is 4.90. The Morgan fingerprint density at radius 2 is 2.15 bits per heavy atom. The van der Waals surface area contributed by atoms with Gasteiger partial charge in [-0.1, -0.05) is 18.5 Å². The summed E-state index contributed by atoms with van der Waals surface area (Å²) in [4.78, 5) is 10.7. The summed E-state index contributed by atoms with van der Waals surface area (Å²) in [6.07, 6.45) is 1.73. The molecule has 1 rings (SSSR count). The molecule has 0 aliphatic carbocycles. The van der Waals surface area contributed by atoms with E-state index in [1.165, 1.54) is 7.11 Å². The Balaban J connectivity index is 2.87. The quantitative estimate of drug-likeness (QED) is 0.767. The molecule has 1 amide bonds. The number of benzene rings is 1. The lowest BCUT2D eigenvalue weighted by Crippen LogP contribution is -2.21. The summed E-state index contributed by atoms with van der Waals surface area (Å²) in [7, 11) is 1.54. The van der Waals surface area contributed by atoms with Gasteiger partial charge < -0.3 is 20.9 Å². The van der Waals surface area contributed by atoms with Crippen LogP contribution in [-0.4, -0.2) is 25.7 Å². The van der Waals surface area contributed by atoms with Crippen LogP contribution in [0.4, 0.5) is 0 Å². The maximum atomic E-state index is 10.7. The number of hydrogen-bond acceptors (Lipinski definition) is 4. The summed E-state index contributed by atoms with van der Waals surface area (Å²) in [6.45, 7) is 2.20. The normalized spacial score (nSPS) is 12.0. The molecule has 1 atom stereocenters. The number of methoxy groups -OCH3 is 1. The van der Waals surface area contributed by atoms with Crippen LogP contribution in [0.15, 0.2) is 12.1 Å². The smallest absolute Gasteiger partial charge is 0.220 e. The number of carbonyl (C=O) groups is 1. The van der Waals surface area contributed by atoms with Gasteiger partial charge in [0.1, 0.15) is 0 Å². The molecule has 5 nitrogen and oxygen atoms in total. The molecule has 0 aliphatic rings. The molecule has 0 spiro atoms. The van der Waals surface area contributed by atoms with Crippen molar-refractivity contribution in [2.75, 3.05) is 13.7 Å². The number of halogens is 1. The van der Waals surface area contributed by atoms with E-state index in [0.29, 0.717) is 22.9 Å². The predicted octanol–water partition coefficient (Wildman–Crippen LogP) is 1.88. The lowest BCUT2D eigenvalue weighted by Gasteiger charge is -2.15. The van der Waals surface area contributed by atoms with E-state index in [0.717, 1.165) is 12.0 Å². The Morgan fingerprint density at radius 3 is 2.70 bits per heavy atom. The maximum Gasteiger partial charge on any atom is 0.220 e. The highest BCUT2D eigenvalue weighted by Gasteiger charge is 2.13. The molecule has 6 heteroatoms. The maximum absolute atomic E-state index is 10.7. The molecule has 0 heterocycles. The minimum absolute atomic E-state index is 0.0809. The average molecular weight is 301 g/mol. The van der Waals surface area contributed by atoms with Gasteiger partial charge in [0, 0.05) is 6.04 Å². The van der Waals surface area contributed by atoms with E-state index in [9.17, 15) is 4.79 Å². The van der Waals surface area contributed by atoms with E-state index >= 15 is 0 Å². The van der Waals surface area contributed by atoms with Crippen LogP contribution < -0.4 is 20.9 Å². The van der Waals surface area contributed by atoms with Crippen LogP contribution in [0.1, 0.15) is 25.3 Å². The molecule has 0 aromatic heterocycles. The third-order valence-corrected chi connectivity index (χ3v) is 3.19. The first-order valence-electron chi connectivity index (χ1n) is 6.51. The molecule has 4 N–H and O–H groups in total. The van der Waals surface area contributed by atoms with E-state index in [2.05, 4.69) is 0 Å². The van der Waals surface area contributed by atoms with Gasteiger partial charge in [-0.25, -0.2) is 0 Å². The van der Waals surface area contributed by atoms with Gasteiger partial charge in [0.05, 0.1) is 25.2 Å². The van der Waals surface area contributed by atoms with Crippen molar-refractivity contribution in [1.29, 1.82) is 0 Å². The fourth-order valence-electron chi connectivity index (χ4n) is 1.73. The first kappa shape index (κ1) is 16.6. The van der Waals surface area contributed by atoms with Crippen molar-refractivity contribution in [3.63, 3.8) is 0 Å². The summed E-state index contributed by atoms with van der Waals surface area (Å²) >= 11 is 6.19. The molecule has 1 aromatic rings. The van der Waals surface area contributed by atoms with Crippen molar-refractivity contribution in [3.05, 3.63) is 22.7 Å². The Morgan fingerprint density at radius 1 is 1.45 bits per heavy atom. The lowest BCUT2D eigenvalue weighted by atomic mass is 10.0. The van der Waals surface area contributed by atoms with Gasteiger partial charge in [-0.2, -0.15) is 0 Å². The zero-order chi connectivity index (χ0) is 15.1. The molecular weight excluding hydrogens is 280 g/mol. The number of ether oxygens (including phenoxy) is 2. The highest BCUT2D eigenvalue weighted by atomic mass is 35.5. The highest BCUT2D eigenvalue weighted by Crippen LogP contribution is 2.36. The van der Waals surface area contributed by atoms with Crippen LogP contribution in [0.25, 0.3) is 0 Å². The van der Waals surface area contributed by atoms with Crippen LogP contribution in [0.5, 0.6) is 11.5 Å². The van der Waals surface area contributed by atoms with E-state index in [1.807, 2.05) is 13.0 Å². The molecule has 112 valence electrons. The molecule has 0 aliphatic heterocycles. The average Bonchev–Trinajstić information content (AvgIpc) is 2.40. The number of amides is 1. The fourth-order valence-corrected chi connectivity index (χ4v) is 2.02. The Kier molecular flexibility index (Phi) is 6.61. The molecule has 20 heavy (non-hydrogen) atoms. The van der Waals surface area contributed by atoms with E-state index in [1.54, 1.807) is 6.07 Å². The predicted molar refractivity (Wildman–Crippen MR) is 79.3 cm³/mol. The number of hydrogen-bond donors (Lipinski definition) is 2. The molecule has 0 saturated heterocycles. The van der Waals surface area contributed by atoms with Crippen LogP contribution >= 0.6 is 11.6 Å². The van der Waals surface area contributed by atoms with E-state index < -0.39 is 5.91 Å². The van der Waals surface area contributed by atoms with Crippen LogP contribution in [0, 0.1) is 0 Å². The number of carbonyl (C=O) groups excluding carboxylic acids is 1. The zero-order valence-electron chi connectivity index (χ0n) is 11.8. The summed E-state index contributed by atoms with van der Waals surface area (Å²) in [5, 5.41) is 0.437. The monoisotopic (exact) mass is 300 g/mol. The topological polar surface area (TPSA) is 87.6 Å². The van der Waals surface area contributed by atoms with E-state index in [-0.39, 0.29) is 19.1 Å². The second-order valence-electron chi connectivity index (χ2n) is 4.55. The zero-order valence-corrected chi connectivity index (χ0v) is 12.6. The Hall–Kier alpha value is -1.46. The summed E-state index contributed by atoms with van der Waals surface area (Å²) in [5.74, 6) is 0.523. The second-order valence-corrected chi connectivity index (χ2v) is 4.95. The molecule has 0 bridgehead atoms. The molecule has 1 aromatic carbocycles. The number of nitrogens with two attached hydrogens (primary N) is 2. The first-order valence-corrected chi connectivity index (χ1v) is 6.88. The van der Waals surface area contributed by atoms with Crippen LogP contribution in [-0.2, 0) is 11.2 Å². The van der Waals surface area contributed by atoms with Gasteiger partial charge >= 0.3 is 0 Å². The molecule has 0 radical (unpaired) electrons. The van der Waals surface area contributed by atoms with Crippen molar-refractivity contribution in [1.82, 2.24) is 0 Å². The van der Waals surface area contributed by atoms with Crippen LogP contribution in [0.2, 0.25) is 5.02 Å². The summed E-state index contributed by atoms with van der Waals surface area (Å²) in [5.41, 5.74) is 12.0. The fraction of sp³-hybridized carbons (Fsp3) is 0.500. The molecular formula is C14H21ClN2O3. The van der Waals surface area contributed by atoms with Crippen molar-refractivity contribution in [2.45, 2.75) is 32.2 Å². The van der Waals surface area contributed by atoms with Gasteiger partial charge in [0.15, 0.2) is 11.5 Å². The van der Waals surface area contributed by atoms with Crippen molar-refractivity contribution in [2.24, 2.45) is 11.5 Å². The van der Waals surface area contributed by atoms with Crippen LogP contribution in [0.3, 0.4) is 0 Å². The SMILES string of the molecule is CCC(N)Cc1cc(Cl)c(OCCC(N)=O)c(OC)c1. The Bertz CT molecular complexity index is 466. The summed E-state index contributed by atoms with van der Waals surface area (Å²) in [6, 6.07) is 3.73. The van der Waals surface area contributed by atoms with Gasteiger partial charge in [-0.3, -0.25) is 4.79 Å². The summed E-state index contributed by atoms with van der Waals surface area (Å²) < 4.78 is 10.7. The third-order valence-electron chi connectivity index (χ3n) is 2.91. The van der Waals surface area contributed by atoms with Crippen molar-refractivity contribution in [3.8, 4) is 11.5 Å². The highest BCUT2D eigenvalue weighted by molar-refractivity contribution is 6.32. The Labute approximate surface area is 124 Å². The minimum Gasteiger partial charge on any atom is -0.493 e. The van der Waals surface area contributed by atoms with Gasteiger partial charge in [-0.15, -0.1) is 0 Å². The number of primary amides is 1. The molecule has 0 saturated carbocycles. The van der Waals surface area contributed by atoms with Crippen molar-refractivity contribution < 1.29 is 14.3 Å². The second kappa shape index (κ2) is 7.97. The number of rotatable bonds is 8. The molecule has 0 fully saturated rings. The minimum atomic E-state index is -0.425. The van der Waals surface area contributed by atoms with Gasteiger partial charge in [-0.05, 0) is 30.5 Å². The van der Waals surface area contributed by atoms with Gasteiger partial charge in [0.2, 0.25) is 5.91 Å².